The number of imidazole rings is 1. The number of nitrogens with one attached hydrogen (secondary N) is 1. The van der Waals surface area contributed by atoms with Crippen molar-refractivity contribution in [1.82, 2.24) is 14.9 Å². The Labute approximate surface area is 128 Å². The van der Waals surface area contributed by atoms with Crippen LogP contribution in [0, 0.1) is 6.92 Å². The summed E-state index contributed by atoms with van der Waals surface area (Å²) in [5, 5.41) is 3.67. The van der Waals surface area contributed by atoms with Gasteiger partial charge in [0.15, 0.2) is 0 Å². The predicted octanol–water partition coefficient (Wildman–Crippen LogP) is 3.27. The van der Waals surface area contributed by atoms with Gasteiger partial charge in [-0.1, -0.05) is 31.2 Å². The lowest BCUT2D eigenvalue weighted by molar-refractivity contribution is 0.464. The molecular formula is C18H27N3. The second-order valence-corrected chi connectivity index (χ2v) is 5.77. The molecule has 1 aromatic heterocycles. The molecule has 21 heavy (non-hydrogen) atoms. The van der Waals surface area contributed by atoms with Gasteiger partial charge in [0.2, 0.25) is 0 Å². The number of aromatic nitrogens is 2. The molecule has 0 fully saturated rings. The molecule has 2 aromatic rings. The molecule has 0 spiro atoms. The quantitative estimate of drug-likeness (QED) is 0.806. The first-order chi connectivity index (χ1) is 10.2. The van der Waals surface area contributed by atoms with E-state index in [0.29, 0.717) is 6.04 Å². The maximum absolute atomic E-state index is 4.46. The molecular weight excluding hydrogens is 258 g/mol. The third-order valence-corrected chi connectivity index (χ3v) is 4.06. The molecule has 0 aliphatic rings. The van der Waals surface area contributed by atoms with Gasteiger partial charge in [0, 0.05) is 31.9 Å². The van der Waals surface area contributed by atoms with E-state index < -0.39 is 0 Å². The first-order valence-corrected chi connectivity index (χ1v) is 7.94. The molecule has 1 N–H and O–H groups in total. The average Bonchev–Trinajstić information content (AvgIpc) is 2.88. The minimum Gasteiger partial charge on any atom is -0.338 e. The third kappa shape index (κ3) is 4.71. The zero-order chi connectivity index (χ0) is 15.1. The highest BCUT2D eigenvalue weighted by atomic mass is 15.0. The Bertz CT molecular complexity index is 545. The van der Waals surface area contributed by atoms with Crippen LogP contribution in [-0.2, 0) is 19.9 Å². The molecule has 3 nitrogen and oxygen atoms in total. The Balaban J connectivity index is 1.96. The van der Waals surface area contributed by atoms with Crippen LogP contribution in [0.25, 0.3) is 0 Å². The highest BCUT2D eigenvalue weighted by Gasteiger charge is 2.12. The van der Waals surface area contributed by atoms with E-state index in [4.69, 9.17) is 0 Å². The Morgan fingerprint density at radius 1 is 1.29 bits per heavy atom. The van der Waals surface area contributed by atoms with Crippen LogP contribution < -0.4 is 5.32 Å². The van der Waals surface area contributed by atoms with Crippen molar-refractivity contribution in [2.24, 2.45) is 7.05 Å². The summed E-state index contributed by atoms with van der Waals surface area (Å²) in [5.41, 5.74) is 2.85. The summed E-state index contributed by atoms with van der Waals surface area (Å²) in [6.07, 6.45) is 8.34. The zero-order valence-electron chi connectivity index (χ0n) is 13.5. The van der Waals surface area contributed by atoms with E-state index in [1.807, 2.05) is 12.4 Å². The normalized spacial score (nSPS) is 12.5. The smallest absolute Gasteiger partial charge is 0.109 e. The maximum Gasteiger partial charge on any atom is 0.109 e. The van der Waals surface area contributed by atoms with Crippen molar-refractivity contribution in [3.63, 3.8) is 0 Å². The molecule has 0 bridgehead atoms. The average molecular weight is 285 g/mol. The van der Waals surface area contributed by atoms with Gasteiger partial charge in [-0.25, -0.2) is 4.98 Å². The van der Waals surface area contributed by atoms with E-state index in [1.54, 1.807) is 0 Å². The number of nitrogens with zero attached hydrogens (tertiary/aromatic N) is 2. The molecule has 0 amide bonds. The topological polar surface area (TPSA) is 29.9 Å². The van der Waals surface area contributed by atoms with Crippen LogP contribution in [0.1, 0.15) is 36.7 Å². The second-order valence-electron chi connectivity index (χ2n) is 5.77. The van der Waals surface area contributed by atoms with E-state index in [9.17, 15) is 0 Å². The minimum absolute atomic E-state index is 0.491. The van der Waals surface area contributed by atoms with Crippen molar-refractivity contribution < 1.29 is 0 Å². The lowest BCUT2D eigenvalue weighted by Gasteiger charge is -2.19. The summed E-state index contributed by atoms with van der Waals surface area (Å²) in [4.78, 5) is 4.46. The molecule has 0 saturated carbocycles. The molecule has 1 atom stereocenters. The van der Waals surface area contributed by atoms with Gasteiger partial charge in [-0.3, -0.25) is 0 Å². The highest BCUT2D eigenvalue weighted by molar-refractivity contribution is 5.25. The molecule has 0 aliphatic carbocycles. The van der Waals surface area contributed by atoms with Crippen LogP contribution in [0.3, 0.4) is 0 Å². The van der Waals surface area contributed by atoms with Gasteiger partial charge in [0.25, 0.3) is 0 Å². The number of hydrogen-bond acceptors (Lipinski definition) is 2. The first-order valence-electron chi connectivity index (χ1n) is 7.94. The van der Waals surface area contributed by atoms with Crippen LogP contribution >= 0.6 is 0 Å². The SMILES string of the molecule is CCCNC(CCc1ccccc1C)Cc1nccn1C. The van der Waals surface area contributed by atoms with Gasteiger partial charge in [-0.2, -0.15) is 0 Å². The highest BCUT2D eigenvalue weighted by Crippen LogP contribution is 2.13. The summed E-state index contributed by atoms with van der Waals surface area (Å²) in [6.45, 7) is 5.48. The molecule has 1 heterocycles. The van der Waals surface area contributed by atoms with Crippen LogP contribution in [0.5, 0.6) is 0 Å². The molecule has 0 aliphatic heterocycles. The zero-order valence-corrected chi connectivity index (χ0v) is 13.5. The minimum atomic E-state index is 0.491. The van der Waals surface area contributed by atoms with Crippen molar-refractivity contribution in [1.29, 1.82) is 0 Å². The number of benzene rings is 1. The summed E-state index contributed by atoms with van der Waals surface area (Å²) in [6, 6.07) is 9.18. The number of rotatable bonds is 8. The fraction of sp³-hybridized carbons (Fsp3) is 0.500. The predicted molar refractivity (Wildman–Crippen MR) is 88.5 cm³/mol. The standard InChI is InChI=1S/C18H27N3/c1-4-11-19-17(14-18-20-12-13-21(18)3)10-9-16-8-6-5-7-15(16)2/h5-8,12-13,17,19H,4,9-11,14H2,1-3H3. The van der Waals surface area contributed by atoms with Crippen LogP contribution in [-0.4, -0.2) is 22.1 Å². The fourth-order valence-electron chi connectivity index (χ4n) is 2.66. The lowest BCUT2D eigenvalue weighted by atomic mass is 9.99. The summed E-state index contributed by atoms with van der Waals surface area (Å²) < 4.78 is 2.12. The monoisotopic (exact) mass is 285 g/mol. The Kier molecular flexibility index (Phi) is 6.00. The molecule has 2 rings (SSSR count). The summed E-state index contributed by atoms with van der Waals surface area (Å²) in [5.74, 6) is 1.16. The Morgan fingerprint density at radius 2 is 2.10 bits per heavy atom. The number of aryl methyl sites for hydroxylation is 3. The van der Waals surface area contributed by atoms with Crippen molar-refractivity contribution in [2.75, 3.05) is 6.54 Å². The first kappa shape index (κ1) is 15.8. The Hall–Kier alpha value is -1.61. The summed E-state index contributed by atoms with van der Waals surface area (Å²) >= 11 is 0. The van der Waals surface area contributed by atoms with Crippen molar-refractivity contribution in [3.05, 3.63) is 53.6 Å². The van der Waals surface area contributed by atoms with Crippen LogP contribution in [0.2, 0.25) is 0 Å². The van der Waals surface area contributed by atoms with Crippen LogP contribution in [0.15, 0.2) is 36.7 Å². The number of hydrogen-bond donors (Lipinski definition) is 1. The van der Waals surface area contributed by atoms with Crippen molar-refractivity contribution in [3.8, 4) is 0 Å². The van der Waals surface area contributed by atoms with E-state index in [0.717, 1.165) is 31.6 Å². The van der Waals surface area contributed by atoms with Gasteiger partial charge in [0.1, 0.15) is 5.82 Å². The summed E-state index contributed by atoms with van der Waals surface area (Å²) in [7, 11) is 2.07. The van der Waals surface area contributed by atoms with Gasteiger partial charge < -0.3 is 9.88 Å². The Morgan fingerprint density at radius 3 is 2.76 bits per heavy atom. The molecule has 0 radical (unpaired) electrons. The van der Waals surface area contributed by atoms with E-state index in [2.05, 4.69) is 60.0 Å². The van der Waals surface area contributed by atoms with E-state index >= 15 is 0 Å². The molecule has 1 unspecified atom stereocenters. The van der Waals surface area contributed by atoms with Gasteiger partial charge >= 0.3 is 0 Å². The van der Waals surface area contributed by atoms with E-state index in [1.165, 1.54) is 17.5 Å². The molecule has 0 saturated heterocycles. The van der Waals surface area contributed by atoms with Crippen molar-refractivity contribution in [2.45, 2.75) is 45.6 Å². The second kappa shape index (κ2) is 7.99. The molecule has 1 aromatic carbocycles. The van der Waals surface area contributed by atoms with Crippen molar-refractivity contribution >= 4 is 0 Å². The third-order valence-electron chi connectivity index (χ3n) is 4.06. The molecule has 114 valence electrons. The van der Waals surface area contributed by atoms with Crippen LogP contribution in [0.4, 0.5) is 0 Å². The van der Waals surface area contributed by atoms with E-state index in [-0.39, 0.29) is 0 Å². The molecule has 3 heteroatoms. The van der Waals surface area contributed by atoms with Gasteiger partial charge in [-0.05, 0) is 43.9 Å². The fourth-order valence-corrected chi connectivity index (χ4v) is 2.66. The van der Waals surface area contributed by atoms with Gasteiger partial charge in [0.05, 0.1) is 0 Å². The maximum atomic E-state index is 4.46. The largest absolute Gasteiger partial charge is 0.338 e. The lowest BCUT2D eigenvalue weighted by Crippen LogP contribution is -2.33. The van der Waals surface area contributed by atoms with Gasteiger partial charge in [-0.15, -0.1) is 0 Å².